The zero-order chi connectivity index (χ0) is 12.7. The van der Waals surface area contributed by atoms with Crippen LogP contribution in [-0.2, 0) is 9.84 Å². The molecule has 1 N–H and O–H groups in total. The molecular weight excluding hydrogens is 256 g/mol. The van der Waals surface area contributed by atoms with Crippen LogP contribution in [0.4, 0.5) is 0 Å². The number of thioether (sulfide) groups is 1. The van der Waals surface area contributed by atoms with Crippen LogP contribution in [0.3, 0.4) is 0 Å². The van der Waals surface area contributed by atoms with E-state index in [1.807, 2.05) is 6.92 Å². The lowest BCUT2D eigenvalue weighted by Gasteiger charge is -2.32. The Bertz CT molecular complexity index is 442. The first-order valence-corrected chi connectivity index (χ1v) is 8.66. The molecule has 2 heterocycles. The van der Waals surface area contributed by atoms with Gasteiger partial charge >= 0.3 is 0 Å². The molecule has 6 heteroatoms. The molecule has 2 aliphatic heterocycles. The summed E-state index contributed by atoms with van der Waals surface area (Å²) in [5.74, 6) is 1.55. The number of amidine groups is 1. The number of rotatable bonds is 1. The summed E-state index contributed by atoms with van der Waals surface area (Å²) in [5, 5.41) is 4.23. The molecule has 1 unspecified atom stereocenters. The SMILES string of the molecule is CC1(C)CN=C(NC2(C)CCS(=O)(=O)C2)SC1. The van der Waals surface area contributed by atoms with E-state index in [1.165, 1.54) is 0 Å². The van der Waals surface area contributed by atoms with Crippen molar-refractivity contribution in [1.29, 1.82) is 0 Å². The molecule has 0 radical (unpaired) electrons. The Morgan fingerprint density at radius 1 is 1.35 bits per heavy atom. The summed E-state index contributed by atoms with van der Waals surface area (Å²) in [4.78, 5) is 4.51. The molecule has 17 heavy (non-hydrogen) atoms. The molecule has 0 aromatic heterocycles. The van der Waals surface area contributed by atoms with Crippen molar-refractivity contribution in [2.24, 2.45) is 10.4 Å². The van der Waals surface area contributed by atoms with Crippen molar-refractivity contribution in [3.8, 4) is 0 Å². The second-order valence-electron chi connectivity index (χ2n) is 6.10. The van der Waals surface area contributed by atoms with Crippen molar-refractivity contribution in [1.82, 2.24) is 5.32 Å². The van der Waals surface area contributed by atoms with Crippen LogP contribution in [0.15, 0.2) is 4.99 Å². The van der Waals surface area contributed by atoms with Crippen LogP contribution in [0.1, 0.15) is 27.2 Å². The molecule has 0 aliphatic carbocycles. The molecule has 0 amide bonds. The van der Waals surface area contributed by atoms with Gasteiger partial charge in [0.2, 0.25) is 0 Å². The highest BCUT2D eigenvalue weighted by atomic mass is 32.2. The van der Waals surface area contributed by atoms with Crippen LogP contribution < -0.4 is 5.32 Å². The van der Waals surface area contributed by atoms with Gasteiger partial charge in [-0.3, -0.25) is 4.99 Å². The molecule has 1 fully saturated rings. The average molecular weight is 276 g/mol. The molecular formula is C11H20N2O2S2. The average Bonchev–Trinajstić information content (AvgIpc) is 2.45. The molecule has 0 aromatic carbocycles. The van der Waals surface area contributed by atoms with Gasteiger partial charge in [0, 0.05) is 12.3 Å². The fourth-order valence-electron chi connectivity index (χ4n) is 2.08. The van der Waals surface area contributed by atoms with E-state index < -0.39 is 9.84 Å². The van der Waals surface area contributed by atoms with Crippen LogP contribution in [0.5, 0.6) is 0 Å². The molecule has 0 aromatic rings. The van der Waals surface area contributed by atoms with E-state index >= 15 is 0 Å². The van der Waals surface area contributed by atoms with Gasteiger partial charge in [0.25, 0.3) is 0 Å². The van der Waals surface area contributed by atoms with Crippen molar-refractivity contribution < 1.29 is 8.42 Å². The van der Waals surface area contributed by atoms with E-state index in [-0.39, 0.29) is 16.7 Å². The van der Waals surface area contributed by atoms with Gasteiger partial charge in [-0.15, -0.1) is 0 Å². The van der Waals surface area contributed by atoms with Gasteiger partial charge in [-0.2, -0.15) is 0 Å². The smallest absolute Gasteiger partial charge is 0.157 e. The fourth-order valence-corrected chi connectivity index (χ4v) is 5.27. The van der Waals surface area contributed by atoms with E-state index in [4.69, 9.17) is 0 Å². The van der Waals surface area contributed by atoms with Crippen molar-refractivity contribution in [2.75, 3.05) is 23.8 Å². The van der Waals surface area contributed by atoms with E-state index in [2.05, 4.69) is 24.2 Å². The van der Waals surface area contributed by atoms with Crippen LogP contribution in [0.2, 0.25) is 0 Å². The number of nitrogens with zero attached hydrogens (tertiary/aromatic N) is 1. The van der Waals surface area contributed by atoms with E-state index in [9.17, 15) is 8.42 Å². The van der Waals surface area contributed by atoms with E-state index in [0.717, 1.165) is 17.5 Å². The minimum Gasteiger partial charge on any atom is -0.359 e. The molecule has 2 aliphatic rings. The number of hydrogen-bond donors (Lipinski definition) is 1. The first kappa shape index (κ1) is 13.2. The molecule has 98 valence electrons. The molecule has 2 rings (SSSR count). The first-order chi connectivity index (χ1) is 7.70. The molecule has 1 atom stereocenters. The summed E-state index contributed by atoms with van der Waals surface area (Å²) in [6.07, 6.45) is 0.679. The van der Waals surface area contributed by atoms with Gasteiger partial charge in [-0.25, -0.2) is 8.42 Å². The number of nitrogens with one attached hydrogen (secondary N) is 1. The molecule has 0 spiro atoms. The second kappa shape index (κ2) is 4.16. The highest BCUT2D eigenvalue weighted by Crippen LogP contribution is 2.29. The van der Waals surface area contributed by atoms with Gasteiger partial charge in [-0.05, 0) is 18.8 Å². The summed E-state index contributed by atoms with van der Waals surface area (Å²) >= 11 is 1.70. The minimum atomic E-state index is -2.85. The third-order valence-corrected chi connectivity index (χ3v) is 6.50. The third kappa shape index (κ3) is 3.37. The largest absolute Gasteiger partial charge is 0.359 e. The maximum Gasteiger partial charge on any atom is 0.157 e. The Labute approximate surface area is 108 Å². The Kier molecular flexibility index (Phi) is 3.23. The summed E-state index contributed by atoms with van der Waals surface area (Å²) in [6, 6.07) is 0. The highest BCUT2D eigenvalue weighted by molar-refractivity contribution is 8.13. The lowest BCUT2D eigenvalue weighted by Crippen LogP contribution is -2.47. The normalized spacial score (nSPS) is 35.4. The number of aliphatic imine (C=N–C) groups is 1. The highest BCUT2D eigenvalue weighted by Gasteiger charge is 2.39. The summed E-state index contributed by atoms with van der Waals surface area (Å²) in [6.45, 7) is 7.18. The summed E-state index contributed by atoms with van der Waals surface area (Å²) in [7, 11) is -2.85. The van der Waals surface area contributed by atoms with Crippen LogP contribution in [-0.4, -0.2) is 42.9 Å². The first-order valence-electron chi connectivity index (χ1n) is 5.86. The van der Waals surface area contributed by atoms with Crippen molar-refractivity contribution in [3.63, 3.8) is 0 Å². The van der Waals surface area contributed by atoms with Gasteiger partial charge in [-0.1, -0.05) is 25.6 Å². The van der Waals surface area contributed by atoms with Crippen LogP contribution in [0.25, 0.3) is 0 Å². The standard InChI is InChI=1S/C11H20N2O2S2/c1-10(2)6-12-9(16-7-10)13-11(3)4-5-17(14,15)8-11/h4-8H2,1-3H3,(H,12,13). The Morgan fingerprint density at radius 3 is 2.53 bits per heavy atom. The predicted molar refractivity (Wildman–Crippen MR) is 73.4 cm³/mol. The zero-order valence-corrected chi connectivity index (χ0v) is 12.2. The minimum absolute atomic E-state index is 0.225. The van der Waals surface area contributed by atoms with Crippen molar-refractivity contribution in [2.45, 2.75) is 32.7 Å². The number of sulfone groups is 1. The monoisotopic (exact) mass is 276 g/mol. The lowest BCUT2D eigenvalue weighted by atomic mass is 9.97. The maximum absolute atomic E-state index is 11.5. The summed E-state index contributed by atoms with van der Waals surface area (Å²) in [5.41, 5.74) is -0.0787. The van der Waals surface area contributed by atoms with Crippen molar-refractivity contribution in [3.05, 3.63) is 0 Å². The lowest BCUT2D eigenvalue weighted by molar-refractivity contribution is 0.429. The predicted octanol–water partition coefficient (Wildman–Crippen LogP) is 1.28. The Balaban J connectivity index is 2.01. The van der Waals surface area contributed by atoms with E-state index in [0.29, 0.717) is 12.2 Å². The Morgan fingerprint density at radius 2 is 2.06 bits per heavy atom. The molecule has 0 bridgehead atoms. The van der Waals surface area contributed by atoms with Crippen LogP contribution in [0, 0.1) is 5.41 Å². The third-order valence-electron chi connectivity index (χ3n) is 3.16. The van der Waals surface area contributed by atoms with E-state index in [1.54, 1.807) is 11.8 Å². The molecule has 1 saturated heterocycles. The van der Waals surface area contributed by atoms with Gasteiger partial charge in [0.05, 0.1) is 17.0 Å². The topological polar surface area (TPSA) is 58.5 Å². The van der Waals surface area contributed by atoms with Gasteiger partial charge < -0.3 is 5.32 Å². The van der Waals surface area contributed by atoms with Crippen LogP contribution >= 0.6 is 11.8 Å². The Hall–Kier alpha value is -0.230. The fraction of sp³-hybridized carbons (Fsp3) is 0.909. The number of hydrogen-bond acceptors (Lipinski definition) is 5. The maximum atomic E-state index is 11.5. The quantitative estimate of drug-likeness (QED) is 0.784. The van der Waals surface area contributed by atoms with Gasteiger partial charge in [0.1, 0.15) is 0 Å². The zero-order valence-electron chi connectivity index (χ0n) is 10.6. The second-order valence-corrected chi connectivity index (χ2v) is 9.25. The summed E-state index contributed by atoms with van der Waals surface area (Å²) < 4.78 is 23.0. The molecule has 0 saturated carbocycles. The van der Waals surface area contributed by atoms with Crippen molar-refractivity contribution >= 4 is 26.8 Å². The molecule has 4 nitrogen and oxygen atoms in total. The van der Waals surface area contributed by atoms with Gasteiger partial charge in [0.15, 0.2) is 15.0 Å².